The summed E-state index contributed by atoms with van der Waals surface area (Å²) in [4.78, 5) is 4.56. The normalized spacial score (nSPS) is 16.8. The summed E-state index contributed by atoms with van der Waals surface area (Å²) in [6.45, 7) is 2.73. The average molecular weight is 366 g/mol. The summed E-state index contributed by atoms with van der Waals surface area (Å²) >= 11 is 0. The van der Waals surface area contributed by atoms with Crippen LogP contribution in [-0.4, -0.2) is 55.2 Å². The van der Waals surface area contributed by atoms with Gasteiger partial charge in [0.1, 0.15) is 5.82 Å². The monoisotopic (exact) mass is 366 g/mol. The molecule has 1 N–H and O–H groups in total. The van der Waals surface area contributed by atoms with Gasteiger partial charge in [0, 0.05) is 25.1 Å². The maximum absolute atomic E-state index is 12.9. The molecule has 2 heterocycles. The van der Waals surface area contributed by atoms with Crippen LogP contribution in [0.4, 0.5) is 0 Å². The highest BCUT2D eigenvalue weighted by Gasteiger charge is 2.31. The molecule has 0 amide bonds. The Labute approximate surface area is 147 Å². The minimum atomic E-state index is -3.57. The second-order valence-electron chi connectivity index (χ2n) is 5.97. The van der Waals surface area contributed by atoms with Crippen molar-refractivity contribution in [2.24, 2.45) is 0 Å². The summed E-state index contributed by atoms with van der Waals surface area (Å²) in [6, 6.07) is 4.65. The lowest BCUT2D eigenvalue weighted by atomic mass is 9.98. The molecule has 9 heteroatoms. The summed E-state index contributed by atoms with van der Waals surface area (Å²) in [5, 5.41) is 7.03. The molecule has 1 fully saturated rings. The third-order valence-electron chi connectivity index (χ3n) is 4.43. The van der Waals surface area contributed by atoms with Crippen molar-refractivity contribution >= 4 is 10.0 Å². The standard InChI is InChI=1S/C16H22N4O4S/c1-11-17-16(19-18-11)12-6-8-20(9-7-12)25(21,22)13-4-5-14(23-2)15(10-13)24-3/h4-5,10,12H,6-9H2,1-3H3,(H,17,18,19). The number of H-pyrrole nitrogens is 1. The van der Waals surface area contributed by atoms with Crippen LogP contribution in [0.25, 0.3) is 0 Å². The fraction of sp³-hybridized carbons (Fsp3) is 0.500. The van der Waals surface area contributed by atoms with Gasteiger partial charge in [-0.2, -0.15) is 9.40 Å². The molecule has 3 rings (SSSR count). The van der Waals surface area contributed by atoms with Gasteiger partial charge >= 0.3 is 0 Å². The Morgan fingerprint density at radius 3 is 2.40 bits per heavy atom. The van der Waals surface area contributed by atoms with Crippen LogP contribution in [-0.2, 0) is 10.0 Å². The zero-order valence-electron chi connectivity index (χ0n) is 14.5. The Kier molecular flexibility index (Phi) is 4.96. The van der Waals surface area contributed by atoms with E-state index in [-0.39, 0.29) is 10.8 Å². The van der Waals surface area contributed by atoms with Crippen molar-refractivity contribution in [1.82, 2.24) is 19.5 Å². The third-order valence-corrected chi connectivity index (χ3v) is 6.32. The molecule has 8 nitrogen and oxygen atoms in total. The summed E-state index contributed by atoms with van der Waals surface area (Å²) in [7, 11) is -0.571. The number of aromatic nitrogens is 3. The van der Waals surface area contributed by atoms with Gasteiger partial charge in [0.25, 0.3) is 0 Å². The molecule has 0 atom stereocenters. The highest BCUT2D eigenvalue weighted by Crippen LogP contribution is 2.33. The first-order valence-corrected chi connectivity index (χ1v) is 9.50. The Hall–Kier alpha value is -2.13. The van der Waals surface area contributed by atoms with E-state index in [1.807, 2.05) is 6.92 Å². The second kappa shape index (κ2) is 7.01. The molecule has 0 unspecified atom stereocenters. The van der Waals surface area contributed by atoms with E-state index in [0.717, 1.165) is 11.6 Å². The zero-order chi connectivity index (χ0) is 18.0. The van der Waals surface area contributed by atoms with Gasteiger partial charge in [0.15, 0.2) is 17.3 Å². The van der Waals surface area contributed by atoms with Crippen molar-refractivity contribution < 1.29 is 17.9 Å². The number of hydrogen-bond acceptors (Lipinski definition) is 6. The Morgan fingerprint density at radius 2 is 1.84 bits per heavy atom. The van der Waals surface area contributed by atoms with E-state index < -0.39 is 10.0 Å². The number of hydrogen-bond donors (Lipinski definition) is 1. The van der Waals surface area contributed by atoms with Crippen LogP contribution in [0, 0.1) is 6.92 Å². The fourth-order valence-electron chi connectivity index (χ4n) is 3.02. The maximum atomic E-state index is 12.9. The summed E-state index contributed by atoms with van der Waals surface area (Å²) in [5.74, 6) is 2.62. The first kappa shape index (κ1) is 17.7. The van der Waals surface area contributed by atoms with E-state index in [1.165, 1.54) is 24.6 Å². The number of piperidine rings is 1. The van der Waals surface area contributed by atoms with E-state index in [9.17, 15) is 8.42 Å². The number of aryl methyl sites for hydroxylation is 1. The van der Waals surface area contributed by atoms with Gasteiger partial charge in [0.05, 0.1) is 19.1 Å². The first-order valence-electron chi connectivity index (χ1n) is 8.06. The lowest BCUT2D eigenvalue weighted by Crippen LogP contribution is -2.38. The molecule has 2 aromatic rings. The predicted molar refractivity (Wildman–Crippen MR) is 91.4 cm³/mol. The number of benzene rings is 1. The van der Waals surface area contributed by atoms with Crippen molar-refractivity contribution in [2.75, 3.05) is 27.3 Å². The van der Waals surface area contributed by atoms with E-state index in [2.05, 4.69) is 15.2 Å². The van der Waals surface area contributed by atoms with Crippen molar-refractivity contribution in [3.8, 4) is 11.5 Å². The Morgan fingerprint density at radius 1 is 1.16 bits per heavy atom. The average Bonchev–Trinajstić information content (AvgIpc) is 3.07. The van der Waals surface area contributed by atoms with Crippen LogP contribution in [0.5, 0.6) is 11.5 Å². The van der Waals surface area contributed by atoms with Gasteiger partial charge in [-0.15, -0.1) is 0 Å². The number of methoxy groups -OCH3 is 2. The van der Waals surface area contributed by atoms with Crippen LogP contribution in [0.1, 0.15) is 30.4 Å². The molecule has 136 valence electrons. The second-order valence-corrected chi connectivity index (χ2v) is 7.91. The topological polar surface area (TPSA) is 97.4 Å². The SMILES string of the molecule is COc1ccc(S(=O)(=O)N2CCC(c3n[nH]c(C)n3)CC2)cc1OC. The molecule has 0 radical (unpaired) electrons. The molecule has 1 saturated heterocycles. The quantitative estimate of drug-likeness (QED) is 0.865. The first-order chi connectivity index (χ1) is 12.0. The molecule has 0 bridgehead atoms. The van der Waals surface area contributed by atoms with Gasteiger partial charge in [-0.1, -0.05) is 0 Å². The van der Waals surface area contributed by atoms with Gasteiger partial charge in [0.2, 0.25) is 10.0 Å². The van der Waals surface area contributed by atoms with Crippen molar-refractivity contribution in [3.05, 3.63) is 29.8 Å². The lowest BCUT2D eigenvalue weighted by molar-refractivity contribution is 0.313. The van der Waals surface area contributed by atoms with Gasteiger partial charge in [-0.05, 0) is 31.9 Å². The largest absolute Gasteiger partial charge is 0.493 e. The zero-order valence-corrected chi connectivity index (χ0v) is 15.3. The maximum Gasteiger partial charge on any atom is 0.243 e. The van der Waals surface area contributed by atoms with Gasteiger partial charge < -0.3 is 9.47 Å². The molecule has 25 heavy (non-hydrogen) atoms. The fourth-order valence-corrected chi connectivity index (χ4v) is 4.51. The minimum absolute atomic E-state index is 0.182. The van der Waals surface area contributed by atoms with Crippen molar-refractivity contribution in [2.45, 2.75) is 30.6 Å². The van der Waals surface area contributed by atoms with E-state index in [1.54, 1.807) is 12.1 Å². The molecule has 0 spiro atoms. The Balaban J connectivity index is 1.75. The van der Waals surface area contributed by atoms with Gasteiger partial charge in [-0.3, -0.25) is 5.10 Å². The molecule has 1 aromatic heterocycles. The summed E-state index contributed by atoms with van der Waals surface area (Å²) < 4.78 is 37.7. The number of ether oxygens (including phenoxy) is 2. The molecule has 1 aliphatic rings. The molecule has 1 aromatic carbocycles. The van der Waals surface area contributed by atoms with Crippen LogP contribution in [0.3, 0.4) is 0 Å². The number of rotatable bonds is 5. The van der Waals surface area contributed by atoms with E-state index >= 15 is 0 Å². The summed E-state index contributed by atoms with van der Waals surface area (Å²) in [5.41, 5.74) is 0. The van der Waals surface area contributed by atoms with Crippen LogP contribution >= 0.6 is 0 Å². The molecule has 0 aliphatic carbocycles. The number of nitrogens with zero attached hydrogens (tertiary/aromatic N) is 3. The Bertz CT molecular complexity index is 842. The molecular weight excluding hydrogens is 344 g/mol. The molecular formula is C16H22N4O4S. The molecule has 1 aliphatic heterocycles. The smallest absolute Gasteiger partial charge is 0.243 e. The van der Waals surface area contributed by atoms with Crippen LogP contribution in [0.2, 0.25) is 0 Å². The number of nitrogens with one attached hydrogen (secondary N) is 1. The van der Waals surface area contributed by atoms with E-state index in [0.29, 0.717) is 37.4 Å². The van der Waals surface area contributed by atoms with Gasteiger partial charge in [-0.25, -0.2) is 13.4 Å². The van der Waals surface area contributed by atoms with E-state index in [4.69, 9.17) is 9.47 Å². The predicted octanol–water partition coefficient (Wildman–Crippen LogP) is 1.70. The lowest BCUT2D eigenvalue weighted by Gasteiger charge is -2.30. The van der Waals surface area contributed by atoms with Crippen molar-refractivity contribution in [1.29, 1.82) is 0 Å². The highest BCUT2D eigenvalue weighted by atomic mass is 32.2. The third kappa shape index (κ3) is 3.47. The molecule has 0 saturated carbocycles. The van der Waals surface area contributed by atoms with Crippen LogP contribution < -0.4 is 9.47 Å². The highest BCUT2D eigenvalue weighted by molar-refractivity contribution is 7.89. The number of aromatic amines is 1. The minimum Gasteiger partial charge on any atom is -0.493 e. The number of sulfonamides is 1. The van der Waals surface area contributed by atoms with Crippen molar-refractivity contribution in [3.63, 3.8) is 0 Å². The van der Waals surface area contributed by atoms with Crippen LogP contribution in [0.15, 0.2) is 23.1 Å². The summed E-state index contributed by atoms with van der Waals surface area (Å²) in [6.07, 6.45) is 1.40.